The first-order valence-corrected chi connectivity index (χ1v) is 5.51. The summed E-state index contributed by atoms with van der Waals surface area (Å²) < 4.78 is 10.3. The second kappa shape index (κ2) is 3.97. The van der Waals surface area contributed by atoms with E-state index in [4.69, 9.17) is 9.47 Å². The highest BCUT2D eigenvalue weighted by atomic mass is 16.5. The van der Waals surface area contributed by atoms with Crippen molar-refractivity contribution < 1.29 is 14.3 Å². The Bertz CT molecular complexity index is 285. The van der Waals surface area contributed by atoms with Crippen molar-refractivity contribution in [1.29, 1.82) is 0 Å². The van der Waals surface area contributed by atoms with Gasteiger partial charge in [-0.3, -0.25) is 4.79 Å². The fourth-order valence-electron chi connectivity index (χ4n) is 2.59. The van der Waals surface area contributed by atoms with E-state index in [1.54, 1.807) is 7.11 Å². The Morgan fingerprint density at radius 2 is 2.33 bits per heavy atom. The number of ether oxygens (including phenoxy) is 2. The number of fused-ring (bicyclic) bond motifs is 2. The molecule has 1 saturated carbocycles. The van der Waals surface area contributed by atoms with Gasteiger partial charge < -0.3 is 9.47 Å². The van der Waals surface area contributed by atoms with Gasteiger partial charge in [-0.15, -0.1) is 0 Å². The number of hydrogen-bond donors (Lipinski definition) is 0. The van der Waals surface area contributed by atoms with E-state index in [1.807, 2.05) is 0 Å². The van der Waals surface area contributed by atoms with E-state index in [2.05, 4.69) is 19.1 Å². The molecule has 0 N–H and O–H groups in total. The summed E-state index contributed by atoms with van der Waals surface area (Å²) in [6.45, 7) is 2.68. The molecule has 2 aliphatic rings. The predicted octanol–water partition coefficient (Wildman–Crippen LogP) is 1.92. The van der Waals surface area contributed by atoms with Crippen LogP contribution in [0, 0.1) is 11.3 Å². The van der Waals surface area contributed by atoms with Crippen molar-refractivity contribution in [3.05, 3.63) is 12.2 Å². The number of carbonyl (C=O) groups excluding carboxylic acids is 1. The molecule has 1 fully saturated rings. The molecule has 15 heavy (non-hydrogen) atoms. The minimum Gasteiger partial charge on any atom is -0.462 e. The van der Waals surface area contributed by atoms with E-state index in [0.29, 0.717) is 18.9 Å². The lowest BCUT2D eigenvalue weighted by molar-refractivity contribution is -0.151. The van der Waals surface area contributed by atoms with Gasteiger partial charge >= 0.3 is 5.97 Å². The second-order valence-electron chi connectivity index (χ2n) is 4.86. The Kier molecular flexibility index (Phi) is 2.83. The van der Waals surface area contributed by atoms with Crippen molar-refractivity contribution >= 4 is 5.97 Å². The highest BCUT2D eigenvalue weighted by Gasteiger charge is 2.45. The molecule has 84 valence electrons. The smallest absolute Gasteiger partial charge is 0.308 e. The van der Waals surface area contributed by atoms with E-state index in [1.165, 1.54) is 0 Å². The van der Waals surface area contributed by atoms with Gasteiger partial charge in [-0.05, 0) is 18.3 Å². The summed E-state index contributed by atoms with van der Waals surface area (Å²) in [4.78, 5) is 11.4. The maximum Gasteiger partial charge on any atom is 0.308 e. The number of rotatable bonds is 4. The zero-order chi connectivity index (χ0) is 10.9. The highest BCUT2D eigenvalue weighted by molar-refractivity contribution is 5.69. The molecule has 0 heterocycles. The molecule has 0 radical (unpaired) electrons. The SMILES string of the molecule is COCCC(=O)OC1CC2(C)C=CC1C2. The van der Waals surface area contributed by atoms with Gasteiger partial charge in [-0.2, -0.15) is 0 Å². The molecule has 3 nitrogen and oxygen atoms in total. The van der Waals surface area contributed by atoms with Crippen molar-refractivity contribution in [1.82, 2.24) is 0 Å². The average molecular weight is 210 g/mol. The Labute approximate surface area is 90.4 Å². The molecule has 0 aromatic rings. The fourth-order valence-corrected chi connectivity index (χ4v) is 2.59. The third-order valence-electron chi connectivity index (χ3n) is 3.39. The van der Waals surface area contributed by atoms with Crippen LogP contribution in [-0.4, -0.2) is 25.8 Å². The largest absolute Gasteiger partial charge is 0.462 e. The minimum atomic E-state index is -0.133. The Morgan fingerprint density at radius 1 is 1.53 bits per heavy atom. The van der Waals surface area contributed by atoms with E-state index in [-0.39, 0.29) is 17.5 Å². The van der Waals surface area contributed by atoms with Crippen LogP contribution >= 0.6 is 0 Å². The summed E-state index contributed by atoms with van der Waals surface area (Å²) >= 11 is 0. The first-order chi connectivity index (χ1) is 7.13. The predicted molar refractivity (Wildman–Crippen MR) is 56.3 cm³/mol. The summed E-state index contributed by atoms with van der Waals surface area (Å²) in [6, 6.07) is 0. The maximum atomic E-state index is 11.4. The fraction of sp³-hybridized carbons (Fsp3) is 0.750. The van der Waals surface area contributed by atoms with Gasteiger partial charge in [-0.1, -0.05) is 19.1 Å². The zero-order valence-corrected chi connectivity index (χ0v) is 9.36. The van der Waals surface area contributed by atoms with Gasteiger partial charge in [0.25, 0.3) is 0 Å². The molecular formula is C12H18O3. The molecule has 0 spiro atoms. The number of carbonyl (C=O) groups is 1. The highest BCUT2D eigenvalue weighted by Crippen LogP contribution is 2.49. The lowest BCUT2D eigenvalue weighted by Crippen LogP contribution is -2.24. The molecule has 3 heteroatoms. The Balaban J connectivity index is 1.82. The van der Waals surface area contributed by atoms with E-state index < -0.39 is 0 Å². The maximum absolute atomic E-state index is 11.4. The van der Waals surface area contributed by atoms with E-state index in [0.717, 1.165) is 12.8 Å². The number of methoxy groups -OCH3 is 1. The summed E-state index contributed by atoms with van der Waals surface area (Å²) in [7, 11) is 1.59. The number of allylic oxidation sites excluding steroid dienone is 1. The topological polar surface area (TPSA) is 35.5 Å². The van der Waals surface area contributed by atoms with Gasteiger partial charge in [0, 0.05) is 13.0 Å². The van der Waals surface area contributed by atoms with E-state index >= 15 is 0 Å². The Morgan fingerprint density at radius 3 is 2.87 bits per heavy atom. The summed E-state index contributed by atoms with van der Waals surface area (Å²) in [5, 5.41) is 0. The van der Waals surface area contributed by atoms with Crippen molar-refractivity contribution in [3.63, 3.8) is 0 Å². The molecule has 0 saturated heterocycles. The molecular weight excluding hydrogens is 192 g/mol. The molecule has 0 aromatic heterocycles. The van der Waals surface area contributed by atoms with Gasteiger partial charge in [0.2, 0.25) is 0 Å². The van der Waals surface area contributed by atoms with Crippen LogP contribution in [0.2, 0.25) is 0 Å². The zero-order valence-electron chi connectivity index (χ0n) is 9.36. The van der Waals surface area contributed by atoms with Gasteiger partial charge in [0.05, 0.1) is 13.0 Å². The minimum absolute atomic E-state index is 0.101. The van der Waals surface area contributed by atoms with Gasteiger partial charge in [-0.25, -0.2) is 0 Å². The standard InChI is InChI=1S/C12H18O3/c1-12-5-3-9(7-12)10(8-12)15-11(13)4-6-14-2/h3,5,9-10H,4,6-8H2,1-2H3. The summed E-state index contributed by atoms with van der Waals surface area (Å²) in [5.41, 5.74) is 0.275. The van der Waals surface area contributed by atoms with Crippen LogP contribution in [0.3, 0.4) is 0 Å². The van der Waals surface area contributed by atoms with Gasteiger partial charge in [0.15, 0.2) is 0 Å². The number of hydrogen-bond acceptors (Lipinski definition) is 3. The first-order valence-electron chi connectivity index (χ1n) is 5.51. The summed E-state index contributed by atoms with van der Waals surface area (Å²) in [6.07, 6.45) is 7.03. The molecule has 2 rings (SSSR count). The average Bonchev–Trinajstić information content (AvgIpc) is 2.69. The quantitative estimate of drug-likeness (QED) is 0.525. The molecule has 2 aliphatic carbocycles. The molecule has 0 aromatic carbocycles. The number of esters is 1. The normalized spacial score (nSPS) is 37.2. The molecule has 3 atom stereocenters. The molecule has 0 aliphatic heterocycles. The lowest BCUT2D eigenvalue weighted by atomic mass is 9.90. The monoisotopic (exact) mass is 210 g/mol. The van der Waals surface area contributed by atoms with Crippen LogP contribution < -0.4 is 0 Å². The van der Waals surface area contributed by atoms with Crippen LogP contribution in [0.4, 0.5) is 0 Å². The van der Waals surface area contributed by atoms with Crippen molar-refractivity contribution in [2.75, 3.05) is 13.7 Å². The van der Waals surface area contributed by atoms with Gasteiger partial charge in [0.1, 0.15) is 6.10 Å². The van der Waals surface area contributed by atoms with Crippen molar-refractivity contribution in [2.45, 2.75) is 32.3 Å². The van der Waals surface area contributed by atoms with E-state index in [9.17, 15) is 4.79 Å². The van der Waals surface area contributed by atoms with Crippen LogP contribution in [0.5, 0.6) is 0 Å². The van der Waals surface area contributed by atoms with Crippen LogP contribution in [-0.2, 0) is 14.3 Å². The lowest BCUT2D eigenvalue weighted by Gasteiger charge is -2.22. The van der Waals surface area contributed by atoms with Crippen molar-refractivity contribution in [3.8, 4) is 0 Å². The Hall–Kier alpha value is -0.830. The van der Waals surface area contributed by atoms with Crippen LogP contribution in [0.1, 0.15) is 26.2 Å². The third kappa shape index (κ3) is 2.23. The molecule has 3 unspecified atom stereocenters. The first kappa shape index (κ1) is 10.7. The van der Waals surface area contributed by atoms with Crippen LogP contribution in [0.15, 0.2) is 12.2 Å². The molecule has 2 bridgehead atoms. The molecule has 0 amide bonds. The third-order valence-corrected chi connectivity index (χ3v) is 3.39. The van der Waals surface area contributed by atoms with Crippen molar-refractivity contribution in [2.24, 2.45) is 11.3 Å². The summed E-state index contributed by atoms with van der Waals surface area (Å²) in [5.74, 6) is 0.313. The van der Waals surface area contributed by atoms with Crippen LogP contribution in [0.25, 0.3) is 0 Å². The second-order valence-corrected chi connectivity index (χ2v) is 4.86.